The van der Waals surface area contributed by atoms with E-state index in [0.717, 1.165) is 0 Å². The van der Waals surface area contributed by atoms with Crippen LogP contribution in [0.1, 0.15) is 13.8 Å². The number of hydrogen-bond donors (Lipinski definition) is 0. The molecule has 1 aliphatic carbocycles. The van der Waals surface area contributed by atoms with Crippen LogP contribution in [-0.2, 0) is 19.8 Å². The smallest absolute Gasteiger partial charge is 0.334 e. The summed E-state index contributed by atoms with van der Waals surface area (Å²) in [4.78, 5) is 11.6. The van der Waals surface area contributed by atoms with E-state index in [2.05, 4.69) is 20.7 Å². The molecule has 1 atom stereocenters. The highest BCUT2D eigenvalue weighted by atomic mass is 79.9. The van der Waals surface area contributed by atoms with Gasteiger partial charge in [-0.1, -0.05) is 6.92 Å². The molecule has 0 aromatic heterocycles. The molecule has 0 aromatic carbocycles. The average molecular weight is 307 g/mol. The van der Waals surface area contributed by atoms with Crippen LogP contribution >= 0.6 is 15.9 Å². The van der Waals surface area contributed by atoms with Crippen molar-refractivity contribution in [1.82, 2.24) is 0 Å². The van der Waals surface area contributed by atoms with Crippen LogP contribution in [0.2, 0.25) is 0 Å². The highest BCUT2D eigenvalue weighted by Gasteiger charge is 2.29. The molecule has 16 heavy (non-hydrogen) atoms. The quantitative estimate of drug-likeness (QED) is 0.543. The Bertz CT molecular complexity index is 517. The van der Waals surface area contributed by atoms with E-state index in [1.165, 1.54) is 7.11 Å². The summed E-state index contributed by atoms with van der Waals surface area (Å²) in [6, 6.07) is 0. The third-order valence-electron chi connectivity index (χ3n) is 2.39. The Hall–Kier alpha value is -0.880. The summed E-state index contributed by atoms with van der Waals surface area (Å²) >= 11 is 3.21. The van der Waals surface area contributed by atoms with E-state index in [4.69, 9.17) is 0 Å². The molecule has 0 aliphatic heterocycles. The molecule has 0 fully saturated rings. The predicted octanol–water partition coefficient (Wildman–Crippen LogP) is 1.46. The molecule has 6 heteroatoms. The summed E-state index contributed by atoms with van der Waals surface area (Å²) in [7, 11) is -1.09. The Morgan fingerprint density at radius 1 is 1.50 bits per heavy atom. The fourth-order valence-corrected chi connectivity index (χ4v) is 3.10. The maximum atomic E-state index is 11.5. The van der Waals surface area contributed by atoms with E-state index in [1.54, 1.807) is 19.9 Å². The zero-order chi connectivity index (χ0) is 12.5. The first kappa shape index (κ1) is 13.2. The fraction of sp³-hybridized carbons (Fsp3) is 0.400. The van der Waals surface area contributed by atoms with Crippen molar-refractivity contribution in [3.05, 3.63) is 21.7 Å². The van der Waals surface area contributed by atoms with Gasteiger partial charge in [-0.15, -0.1) is 0 Å². The van der Waals surface area contributed by atoms with Crippen molar-refractivity contribution in [2.24, 2.45) is 5.92 Å². The average Bonchev–Trinajstić information content (AvgIpc) is 2.22. The molecular weight excluding hydrogens is 296 g/mol. The molecule has 1 rings (SSSR count). The molecule has 0 spiro atoms. The van der Waals surface area contributed by atoms with Gasteiger partial charge >= 0.3 is 5.97 Å². The molecule has 0 heterocycles. The summed E-state index contributed by atoms with van der Waals surface area (Å²) in [5, 5.41) is 0. The van der Waals surface area contributed by atoms with Gasteiger partial charge in [0.25, 0.3) is 0 Å². The summed E-state index contributed by atoms with van der Waals surface area (Å²) in [6.45, 7) is 3.38. The summed E-state index contributed by atoms with van der Waals surface area (Å²) in [5.74, 6) is -1.00. The standard InChI is InChI=1S/C10H11BrO4S/c1-5-4-7(10(12)15-3)6(2)9(8(5)11)16(13)14/h4,6H,1-3H3. The van der Waals surface area contributed by atoms with Crippen molar-refractivity contribution in [2.75, 3.05) is 7.11 Å². The number of rotatable bonds is 1. The van der Waals surface area contributed by atoms with Crippen LogP contribution in [0.25, 0.3) is 0 Å². The van der Waals surface area contributed by atoms with Gasteiger partial charge in [0.15, 0.2) is 0 Å². The molecule has 1 aliphatic rings. The summed E-state index contributed by atoms with van der Waals surface area (Å²) in [5.41, 5.74) is 1.04. The minimum atomic E-state index is -2.36. The number of methoxy groups -OCH3 is 1. The number of hydrogen-bond acceptors (Lipinski definition) is 4. The lowest BCUT2D eigenvalue weighted by Gasteiger charge is -2.20. The monoisotopic (exact) mass is 306 g/mol. The number of ether oxygens (including phenoxy) is 1. The largest absolute Gasteiger partial charge is 0.466 e. The third kappa shape index (κ3) is 2.27. The highest BCUT2D eigenvalue weighted by molar-refractivity contribution is 9.12. The number of esters is 1. The van der Waals surface area contributed by atoms with Crippen LogP contribution in [0, 0.1) is 5.92 Å². The zero-order valence-corrected chi connectivity index (χ0v) is 11.5. The number of carbonyl (C=O) groups excluding carboxylic acids is 1. The maximum Gasteiger partial charge on any atom is 0.334 e. The number of carbonyl (C=O) groups is 1. The second-order valence-corrected chi connectivity index (χ2v) is 5.11. The molecule has 0 aromatic rings. The van der Waals surface area contributed by atoms with Crippen molar-refractivity contribution in [1.29, 1.82) is 0 Å². The summed E-state index contributed by atoms with van der Waals surface area (Å²) in [6.07, 6.45) is 1.64. The Kier molecular flexibility index (Phi) is 4.09. The normalized spacial score (nSPS) is 20.6. The van der Waals surface area contributed by atoms with E-state index < -0.39 is 22.2 Å². The van der Waals surface area contributed by atoms with Gasteiger partial charge < -0.3 is 4.74 Å². The first-order valence-electron chi connectivity index (χ1n) is 4.52. The molecule has 0 N–H and O–H groups in total. The second-order valence-electron chi connectivity index (χ2n) is 3.41. The molecular formula is C10H11BrO4S. The first-order valence-corrected chi connectivity index (χ1v) is 6.39. The lowest BCUT2D eigenvalue weighted by atomic mass is 9.90. The minimum Gasteiger partial charge on any atom is -0.466 e. The third-order valence-corrected chi connectivity index (χ3v) is 4.63. The Morgan fingerprint density at radius 3 is 2.50 bits per heavy atom. The molecule has 0 radical (unpaired) electrons. The molecule has 88 valence electrons. The van der Waals surface area contributed by atoms with Crippen molar-refractivity contribution >= 4 is 37.1 Å². The van der Waals surface area contributed by atoms with Gasteiger partial charge in [0.2, 0.25) is 10.3 Å². The predicted molar refractivity (Wildman–Crippen MR) is 64.8 cm³/mol. The van der Waals surface area contributed by atoms with Crippen LogP contribution in [0.15, 0.2) is 21.7 Å². The number of allylic oxidation sites excluding steroid dienone is 3. The van der Waals surface area contributed by atoms with E-state index in [1.807, 2.05) is 0 Å². The van der Waals surface area contributed by atoms with Gasteiger partial charge in [0.1, 0.15) is 0 Å². The van der Waals surface area contributed by atoms with Crippen LogP contribution in [0.3, 0.4) is 0 Å². The van der Waals surface area contributed by atoms with Crippen LogP contribution in [0.4, 0.5) is 0 Å². The molecule has 0 amide bonds. The van der Waals surface area contributed by atoms with E-state index in [0.29, 0.717) is 15.6 Å². The molecule has 0 saturated heterocycles. The van der Waals surface area contributed by atoms with Crippen molar-refractivity contribution in [2.45, 2.75) is 13.8 Å². The van der Waals surface area contributed by atoms with E-state index in [-0.39, 0.29) is 4.86 Å². The van der Waals surface area contributed by atoms with Crippen molar-refractivity contribution in [3.8, 4) is 0 Å². The van der Waals surface area contributed by atoms with Gasteiger partial charge in [-0.05, 0) is 34.5 Å². The van der Waals surface area contributed by atoms with Gasteiger partial charge in [-0.25, -0.2) is 4.79 Å². The highest BCUT2D eigenvalue weighted by Crippen LogP contribution is 2.30. The molecule has 1 unspecified atom stereocenters. The Labute approximate surface area is 104 Å². The van der Waals surface area contributed by atoms with E-state index >= 15 is 0 Å². The molecule has 4 nitrogen and oxygen atoms in total. The van der Waals surface area contributed by atoms with Crippen molar-refractivity contribution < 1.29 is 17.9 Å². The van der Waals surface area contributed by atoms with E-state index in [9.17, 15) is 13.2 Å². The van der Waals surface area contributed by atoms with Gasteiger partial charge in [0, 0.05) is 16.0 Å². The SMILES string of the molecule is COC(=O)C1=CC(C)=C(Br)C(=S(=O)=O)C1C. The zero-order valence-electron chi connectivity index (χ0n) is 9.07. The maximum absolute atomic E-state index is 11.5. The van der Waals surface area contributed by atoms with Crippen LogP contribution < -0.4 is 0 Å². The van der Waals surface area contributed by atoms with Crippen molar-refractivity contribution in [3.63, 3.8) is 0 Å². The second kappa shape index (κ2) is 4.97. The fourth-order valence-electron chi connectivity index (χ4n) is 1.52. The lowest BCUT2D eigenvalue weighted by Crippen LogP contribution is -2.24. The number of halogens is 1. The molecule has 0 saturated carbocycles. The molecule has 0 bridgehead atoms. The summed E-state index contributed by atoms with van der Waals surface area (Å²) < 4.78 is 27.3. The topological polar surface area (TPSA) is 60.4 Å². The van der Waals surface area contributed by atoms with Gasteiger partial charge in [-0.3, -0.25) is 0 Å². The van der Waals surface area contributed by atoms with Crippen LogP contribution in [0.5, 0.6) is 0 Å². The lowest BCUT2D eigenvalue weighted by molar-refractivity contribution is -0.136. The Morgan fingerprint density at radius 2 is 2.06 bits per heavy atom. The van der Waals surface area contributed by atoms with Gasteiger partial charge in [-0.2, -0.15) is 8.42 Å². The minimum absolute atomic E-state index is 0.181. The van der Waals surface area contributed by atoms with Crippen LogP contribution in [-0.4, -0.2) is 26.4 Å². The Balaban J connectivity index is 3.44. The van der Waals surface area contributed by atoms with Gasteiger partial charge in [0.05, 0.1) is 12.0 Å². The first-order chi connectivity index (χ1) is 7.40.